The Labute approximate surface area is 171 Å². The lowest BCUT2D eigenvalue weighted by Crippen LogP contribution is -2.43. The number of hydrogen-bond acceptors (Lipinski definition) is 5. The van der Waals surface area contributed by atoms with E-state index in [1.165, 1.54) is 19.2 Å². The molecule has 2 saturated heterocycles. The van der Waals surface area contributed by atoms with Crippen LogP contribution >= 0.6 is 23.2 Å². The number of amides is 2. The van der Waals surface area contributed by atoms with Gasteiger partial charge in [-0.15, -0.1) is 0 Å². The molecule has 2 aliphatic rings. The van der Waals surface area contributed by atoms with Crippen molar-refractivity contribution in [2.75, 3.05) is 12.0 Å². The molecule has 144 valence electrons. The van der Waals surface area contributed by atoms with E-state index in [4.69, 9.17) is 27.9 Å². The summed E-state index contributed by atoms with van der Waals surface area (Å²) in [5, 5.41) is 3.68. The van der Waals surface area contributed by atoms with Crippen LogP contribution in [0.3, 0.4) is 0 Å². The van der Waals surface area contributed by atoms with Crippen LogP contribution < -0.4 is 10.2 Å². The predicted octanol–water partition coefficient (Wildman–Crippen LogP) is 2.99. The zero-order chi connectivity index (χ0) is 20.0. The fourth-order valence-corrected chi connectivity index (χ4v) is 4.29. The first-order valence-corrected chi connectivity index (χ1v) is 9.41. The van der Waals surface area contributed by atoms with Crippen molar-refractivity contribution in [3.05, 3.63) is 64.1 Å². The molecular formula is C20H16Cl2N2O4. The van der Waals surface area contributed by atoms with E-state index in [1.54, 1.807) is 6.07 Å². The highest BCUT2D eigenvalue weighted by Gasteiger charge is 2.61. The zero-order valence-electron chi connectivity index (χ0n) is 14.8. The maximum atomic E-state index is 13.3. The Morgan fingerprint density at radius 1 is 1.00 bits per heavy atom. The number of carbonyl (C=O) groups excluding carboxylic acids is 3. The molecule has 2 amide bonds. The van der Waals surface area contributed by atoms with Gasteiger partial charge in [0.05, 0.1) is 34.7 Å². The molecule has 0 radical (unpaired) electrons. The molecule has 0 bridgehead atoms. The Morgan fingerprint density at radius 3 is 2.32 bits per heavy atom. The van der Waals surface area contributed by atoms with E-state index < -0.39 is 35.8 Å². The van der Waals surface area contributed by atoms with Gasteiger partial charge in [-0.3, -0.25) is 19.7 Å². The fraction of sp³-hybridized carbons (Fsp3) is 0.250. The van der Waals surface area contributed by atoms with Crippen molar-refractivity contribution >= 4 is 46.7 Å². The Balaban J connectivity index is 1.78. The molecule has 2 heterocycles. The van der Waals surface area contributed by atoms with Crippen molar-refractivity contribution in [1.82, 2.24) is 5.32 Å². The van der Waals surface area contributed by atoms with Gasteiger partial charge in [0.2, 0.25) is 11.8 Å². The average Bonchev–Trinajstić information content (AvgIpc) is 3.21. The molecule has 2 aromatic rings. The van der Waals surface area contributed by atoms with Gasteiger partial charge in [0.15, 0.2) is 0 Å². The van der Waals surface area contributed by atoms with Crippen molar-refractivity contribution in [1.29, 1.82) is 0 Å². The summed E-state index contributed by atoms with van der Waals surface area (Å²) in [6, 6.07) is 12.4. The van der Waals surface area contributed by atoms with Gasteiger partial charge in [0.1, 0.15) is 6.04 Å². The van der Waals surface area contributed by atoms with Crippen molar-refractivity contribution in [3.63, 3.8) is 0 Å². The van der Waals surface area contributed by atoms with E-state index in [0.717, 1.165) is 10.5 Å². The minimum absolute atomic E-state index is 0.235. The topological polar surface area (TPSA) is 75.7 Å². The minimum Gasteiger partial charge on any atom is -0.468 e. The summed E-state index contributed by atoms with van der Waals surface area (Å²) in [6.07, 6.45) is 0. The number of rotatable bonds is 3. The number of imide groups is 1. The summed E-state index contributed by atoms with van der Waals surface area (Å²) in [5.74, 6) is -3.02. The third-order valence-electron chi connectivity index (χ3n) is 5.25. The maximum absolute atomic E-state index is 13.3. The number of hydrogen-bond donors (Lipinski definition) is 1. The first-order chi connectivity index (χ1) is 13.4. The van der Waals surface area contributed by atoms with Crippen molar-refractivity contribution < 1.29 is 19.1 Å². The SMILES string of the molecule is COC(=O)C1NC(c2ccccc2)[C@H]2C(=O)N(c3ccc(Cl)c(Cl)c3)C(=O)[C@@H]12. The number of ether oxygens (including phenoxy) is 1. The van der Waals surface area contributed by atoms with E-state index in [2.05, 4.69) is 5.32 Å². The number of carbonyl (C=O) groups is 3. The highest BCUT2D eigenvalue weighted by Crippen LogP contribution is 2.46. The van der Waals surface area contributed by atoms with Gasteiger partial charge in [-0.05, 0) is 23.8 Å². The Bertz CT molecular complexity index is 966. The smallest absolute Gasteiger partial charge is 0.323 e. The number of nitrogens with zero attached hydrogens (tertiary/aromatic N) is 1. The van der Waals surface area contributed by atoms with Gasteiger partial charge < -0.3 is 4.74 Å². The molecular weight excluding hydrogens is 403 g/mol. The Kier molecular flexibility index (Phi) is 4.87. The number of halogens is 2. The molecule has 28 heavy (non-hydrogen) atoms. The highest BCUT2D eigenvalue weighted by atomic mass is 35.5. The molecule has 2 fully saturated rings. The number of fused-ring (bicyclic) bond motifs is 1. The van der Waals surface area contributed by atoms with Gasteiger partial charge in [-0.1, -0.05) is 53.5 Å². The predicted molar refractivity (Wildman–Crippen MR) is 104 cm³/mol. The van der Waals surface area contributed by atoms with Crippen molar-refractivity contribution in [3.8, 4) is 0 Å². The molecule has 0 saturated carbocycles. The third-order valence-corrected chi connectivity index (χ3v) is 5.99. The molecule has 0 aromatic heterocycles. The third kappa shape index (κ3) is 2.89. The largest absolute Gasteiger partial charge is 0.468 e. The number of esters is 1. The van der Waals surface area contributed by atoms with Crippen molar-refractivity contribution in [2.24, 2.45) is 11.8 Å². The van der Waals surface area contributed by atoms with Gasteiger partial charge >= 0.3 is 5.97 Å². The van der Waals surface area contributed by atoms with E-state index in [-0.39, 0.29) is 10.9 Å². The number of anilines is 1. The van der Waals surface area contributed by atoms with Crippen LogP contribution in [0.4, 0.5) is 5.69 Å². The summed E-state index contributed by atoms with van der Waals surface area (Å²) in [4.78, 5) is 39.9. The van der Waals surface area contributed by atoms with Crippen LogP contribution in [0.25, 0.3) is 0 Å². The number of methoxy groups -OCH3 is 1. The first kappa shape index (κ1) is 18.9. The molecule has 0 spiro atoms. The van der Waals surface area contributed by atoms with E-state index in [0.29, 0.717) is 10.7 Å². The lowest BCUT2D eigenvalue weighted by molar-refractivity contribution is -0.145. The second kappa shape index (κ2) is 7.20. The zero-order valence-corrected chi connectivity index (χ0v) is 16.3. The van der Waals surface area contributed by atoms with Crippen LogP contribution in [-0.2, 0) is 19.1 Å². The highest BCUT2D eigenvalue weighted by molar-refractivity contribution is 6.42. The molecule has 4 atom stereocenters. The Morgan fingerprint density at radius 2 is 1.68 bits per heavy atom. The summed E-state index contributed by atoms with van der Waals surface area (Å²) < 4.78 is 4.86. The standard InChI is InChI=1S/C20H16Cl2N2O4/c1-28-20(27)17-15-14(16(23-17)10-5-3-2-4-6-10)18(25)24(19(15)26)11-7-8-12(21)13(22)9-11/h2-9,14-17,23H,1H3/t14-,15+,16?,17?/m0/s1. The van der Waals surface area contributed by atoms with Crippen LogP contribution in [0.1, 0.15) is 11.6 Å². The van der Waals surface area contributed by atoms with Gasteiger partial charge in [0, 0.05) is 6.04 Å². The van der Waals surface area contributed by atoms with Crippen LogP contribution in [-0.4, -0.2) is 30.9 Å². The molecule has 2 unspecified atom stereocenters. The fourth-order valence-electron chi connectivity index (χ4n) is 4.00. The van der Waals surface area contributed by atoms with E-state index in [9.17, 15) is 14.4 Å². The summed E-state index contributed by atoms with van der Waals surface area (Å²) in [6.45, 7) is 0. The summed E-state index contributed by atoms with van der Waals surface area (Å²) >= 11 is 12.0. The lowest BCUT2D eigenvalue weighted by Gasteiger charge is -2.22. The van der Waals surface area contributed by atoms with Crippen molar-refractivity contribution in [2.45, 2.75) is 12.1 Å². The average molecular weight is 419 g/mol. The summed E-state index contributed by atoms with van der Waals surface area (Å²) in [5.41, 5.74) is 1.15. The second-order valence-corrected chi connectivity index (χ2v) is 7.53. The molecule has 2 aromatic carbocycles. The molecule has 1 N–H and O–H groups in total. The molecule has 8 heteroatoms. The summed E-state index contributed by atoms with van der Waals surface area (Å²) in [7, 11) is 1.26. The second-order valence-electron chi connectivity index (χ2n) is 6.72. The van der Waals surface area contributed by atoms with Crippen LogP contribution in [0.15, 0.2) is 48.5 Å². The van der Waals surface area contributed by atoms with Gasteiger partial charge in [-0.25, -0.2) is 4.90 Å². The molecule has 6 nitrogen and oxygen atoms in total. The lowest BCUT2D eigenvalue weighted by atomic mass is 9.86. The quantitative estimate of drug-likeness (QED) is 0.612. The first-order valence-electron chi connectivity index (χ1n) is 8.65. The minimum atomic E-state index is -0.913. The van der Waals surface area contributed by atoms with E-state index in [1.807, 2.05) is 30.3 Å². The number of benzene rings is 2. The molecule has 4 rings (SSSR count). The van der Waals surface area contributed by atoms with Crippen LogP contribution in [0, 0.1) is 11.8 Å². The Hall–Kier alpha value is -2.41. The monoisotopic (exact) mass is 418 g/mol. The van der Waals surface area contributed by atoms with E-state index >= 15 is 0 Å². The molecule has 2 aliphatic heterocycles. The molecule has 0 aliphatic carbocycles. The van der Waals surface area contributed by atoms with Gasteiger partial charge in [-0.2, -0.15) is 0 Å². The normalized spacial score (nSPS) is 26.5. The van der Waals surface area contributed by atoms with Crippen LogP contribution in [0.2, 0.25) is 10.0 Å². The maximum Gasteiger partial charge on any atom is 0.323 e. The van der Waals surface area contributed by atoms with Gasteiger partial charge in [0.25, 0.3) is 0 Å². The number of nitrogens with one attached hydrogen (secondary N) is 1. The van der Waals surface area contributed by atoms with Crippen LogP contribution in [0.5, 0.6) is 0 Å².